The maximum atomic E-state index is 12.5. The Balaban J connectivity index is 2.44. The number of hydrogen-bond acceptors (Lipinski definition) is 5. The molecule has 8 heteroatoms. The van der Waals surface area contributed by atoms with Crippen LogP contribution in [0.4, 0.5) is 0 Å². The molecule has 0 radical (unpaired) electrons. The number of rotatable bonds is 6. The van der Waals surface area contributed by atoms with Crippen LogP contribution in [-0.2, 0) is 11.8 Å². The summed E-state index contributed by atoms with van der Waals surface area (Å²) in [7, 11) is 1.62. The van der Waals surface area contributed by atoms with Crippen LogP contribution < -0.4 is 16.6 Å². The number of piperidine rings is 1. The first kappa shape index (κ1) is 18.9. The molecule has 2 rings (SSSR count). The second-order valence-corrected chi connectivity index (χ2v) is 6.68. The first-order valence-electron chi connectivity index (χ1n) is 8.30. The van der Waals surface area contributed by atoms with Crippen molar-refractivity contribution >= 4 is 17.5 Å². The molecule has 0 aliphatic carbocycles. The Morgan fingerprint density at radius 1 is 1.50 bits per heavy atom. The van der Waals surface area contributed by atoms with Gasteiger partial charge in [-0.2, -0.15) is 5.10 Å². The molecule has 2 atom stereocenters. The van der Waals surface area contributed by atoms with E-state index < -0.39 is 0 Å². The minimum absolute atomic E-state index is 0.0973. The van der Waals surface area contributed by atoms with Crippen LogP contribution in [-0.4, -0.2) is 52.1 Å². The number of halogens is 1. The van der Waals surface area contributed by atoms with Gasteiger partial charge in [0.25, 0.3) is 5.56 Å². The second-order valence-electron chi connectivity index (χ2n) is 6.41. The number of alkyl halides is 1. The molecule has 0 saturated carbocycles. The molecule has 3 N–H and O–H groups in total. The van der Waals surface area contributed by atoms with Crippen LogP contribution in [0, 0.1) is 5.92 Å². The summed E-state index contributed by atoms with van der Waals surface area (Å²) in [6, 6.07) is 2.81. The van der Waals surface area contributed by atoms with Gasteiger partial charge in [0.2, 0.25) is 5.91 Å². The van der Waals surface area contributed by atoms with E-state index in [-0.39, 0.29) is 35.3 Å². The van der Waals surface area contributed by atoms with Crippen molar-refractivity contribution in [3.63, 3.8) is 0 Å². The van der Waals surface area contributed by atoms with Gasteiger partial charge in [-0.3, -0.25) is 9.59 Å². The zero-order valence-electron chi connectivity index (χ0n) is 14.2. The molecule has 24 heavy (non-hydrogen) atoms. The third kappa shape index (κ3) is 4.55. The third-order valence-corrected chi connectivity index (χ3v) is 4.60. The summed E-state index contributed by atoms with van der Waals surface area (Å²) >= 11 is 5.84. The lowest BCUT2D eigenvalue weighted by Crippen LogP contribution is -2.47. The second kappa shape index (κ2) is 8.60. The minimum atomic E-state index is -0.226. The Kier molecular flexibility index (Phi) is 6.77. The van der Waals surface area contributed by atoms with Crippen molar-refractivity contribution in [1.29, 1.82) is 0 Å². The fraction of sp³-hybridized carbons (Fsp3) is 0.688. The maximum absolute atomic E-state index is 12.5. The van der Waals surface area contributed by atoms with Crippen molar-refractivity contribution in [2.45, 2.75) is 31.8 Å². The summed E-state index contributed by atoms with van der Waals surface area (Å²) in [5.74, 6) is -0.00438. The van der Waals surface area contributed by atoms with Gasteiger partial charge in [0, 0.05) is 25.7 Å². The minimum Gasteiger partial charge on any atom is -0.331 e. The number of nitrogens with one attached hydrogen (secondary N) is 1. The van der Waals surface area contributed by atoms with Crippen LogP contribution >= 0.6 is 11.6 Å². The summed E-state index contributed by atoms with van der Waals surface area (Å²) in [4.78, 5) is 25.9. The van der Waals surface area contributed by atoms with E-state index in [0.29, 0.717) is 12.2 Å². The van der Waals surface area contributed by atoms with Crippen molar-refractivity contribution in [3.8, 4) is 0 Å². The largest absolute Gasteiger partial charge is 0.331 e. The average Bonchev–Trinajstić information content (AvgIpc) is 2.57. The van der Waals surface area contributed by atoms with Crippen LogP contribution in [0.3, 0.4) is 0 Å². The summed E-state index contributed by atoms with van der Waals surface area (Å²) in [6.45, 7) is 4.06. The quantitative estimate of drug-likeness (QED) is 0.713. The molecule has 1 amide bonds. The summed E-state index contributed by atoms with van der Waals surface area (Å²) in [5, 5.41) is 7.73. The molecule has 1 aliphatic rings. The van der Waals surface area contributed by atoms with Crippen LogP contribution in [0.25, 0.3) is 0 Å². The maximum Gasteiger partial charge on any atom is 0.266 e. The SMILES string of the molecule is CC(N)CN(C(=O)CCl)C(c1ccc(=O)n(C)n1)C1CCNCC1. The monoisotopic (exact) mass is 355 g/mol. The third-order valence-electron chi connectivity index (χ3n) is 4.37. The van der Waals surface area contributed by atoms with Crippen LogP contribution in [0.15, 0.2) is 16.9 Å². The number of nitrogens with two attached hydrogens (primary N) is 1. The molecule has 134 valence electrons. The van der Waals surface area contributed by atoms with E-state index in [0.717, 1.165) is 25.9 Å². The van der Waals surface area contributed by atoms with Crippen LogP contribution in [0.5, 0.6) is 0 Å². The molecule has 1 aromatic rings. The average molecular weight is 356 g/mol. The lowest BCUT2D eigenvalue weighted by Gasteiger charge is -2.39. The number of hydrogen-bond donors (Lipinski definition) is 2. The molecule has 1 aliphatic heterocycles. The van der Waals surface area contributed by atoms with Crippen molar-refractivity contribution in [2.24, 2.45) is 18.7 Å². The molecule has 7 nitrogen and oxygen atoms in total. The topological polar surface area (TPSA) is 93.2 Å². The number of aromatic nitrogens is 2. The lowest BCUT2D eigenvalue weighted by atomic mass is 9.86. The number of carbonyl (C=O) groups is 1. The summed E-state index contributed by atoms with van der Waals surface area (Å²) < 4.78 is 1.30. The van der Waals surface area contributed by atoms with Gasteiger partial charge in [0.1, 0.15) is 5.88 Å². The Hall–Kier alpha value is -1.44. The molecule has 2 unspecified atom stereocenters. The molecule has 1 aromatic heterocycles. The molecular formula is C16H26ClN5O2. The predicted molar refractivity (Wildman–Crippen MR) is 93.9 cm³/mol. The number of carbonyl (C=O) groups excluding carboxylic acids is 1. The lowest BCUT2D eigenvalue weighted by molar-refractivity contribution is -0.133. The van der Waals surface area contributed by atoms with E-state index in [1.807, 2.05) is 6.92 Å². The highest BCUT2D eigenvalue weighted by molar-refractivity contribution is 6.27. The Morgan fingerprint density at radius 3 is 2.71 bits per heavy atom. The van der Waals surface area contributed by atoms with Gasteiger partial charge in [-0.1, -0.05) is 0 Å². The number of nitrogens with zero attached hydrogens (tertiary/aromatic N) is 3. The highest BCUT2D eigenvalue weighted by Crippen LogP contribution is 2.33. The van der Waals surface area contributed by atoms with Crippen LogP contribution in [0.2, 0.25) is 0 Å². The molecular weight excluding hydrogens is 330 g/mol. The number of aryl methyl sites for hydroxylation is 1. The predicted octanol–water partition coefficient (Wildman–Crippen LogP) is 0.236. The highest BCUT2D eigenvalue weighted by Gasteiger charge is 2.34. The zero-order valence-corrected chi connectivity index (χ0v) is 15.0. The Bertz CT molecular complexity index is 613. The fourth-order valence-corrected chi connectivity index (χ4v) is 3.40. The van der Waals surface area contributed by atoms with Gasteiger partial charge in [-0.05, 0) is 44.8 Å². The van der Waals surface area contributed by atoms with Gasteiger partial charge < -0.3 is 16.0 Å². The molecule has 0 bridgehead atoms. The van der Waals surface area contributed by atoms with E-state index in [4.69, 9.17) is 17.3 Å². The summed E-state index contributed by atoms with van der Waals surface area (Å²) in [5.41, 5.74) is 6.50. The zero-order chi connectivity index (χ0) is 17.7. The van der Waals surface area contributed by atoms with Gasteiger partial charge in [0.05, 0.1) is 11.7 Å². The fourth-order valence-electron chi connectivity index (χ4n) is 3.25. The van der Waals surface area contributed by atoms with E-state index >= 15 is 0 Å². The molecule has 2 heterocycles. The van der Waals surface area contributed by atoms with Crippen molar-refractivity contribution in [3.05, 3.63) is 28.2 Å². The first-order valence-corrected chi connectivity index (χ1v) is 8.83. The Labute approximate surface area is 147 Å². The molecule has 0 aromatic carbocycles. The van der Waals surface area contributed by atoms with E-state index in [1.165, 1.54) is 10.7 Å². The van der Waals surface area contributed by atoms with Gasteiger partial charge in [-0.25, -0.2) is 4.68 Å². The normalized spacial score (nSPS) is 18.2. The van der Waals surface area contributed by atoms with E-state index in [2.05, 4.69) is 10.4 Å². The highest BCUT2D eigenvalue weighted by atomic mass is 35.5. The molecule has 0 spiro atoms. The summed E-state index contributed by atoms with van der Waals surface area (Å²) in [6.07, 6.45) is 1.86. The number of amides is 1. The van der Waals surface area contributed by atoms with Crippen molar-refractivity contribution in [1.82, 2.24) is 20.0 Å². The van der Waals surface area contributed by atoms with Gasteiger partial charge in [0.15, 0.2) is 0 Å². The standard InChI is InChI=1S/C16H26ClN5O2/c1-11(18)10-22(15(24)9-17)16(12-5-7-19-8-6-12)13-3-4-14(23)21(2)20-13/h3-4,11-12,16,19H,5-10,18H2,1-2H3. The van der Waals surface area contributed by atoms with Crippen molar-refractivity contribution in [2.75, 3.05) is 25.5 Å². The van der Waals surface area contributed by atoms with Gasteiger partial charge >= 0.3 is 0 Å². The van der Waals surface area contributed by atoms with Gasteiger partial charge in [-0.15, -0.1) is 11.6 Å². The van der Waals surface area contributed by atoms with E-state index in [1.54, 1.807) is 18.0 Å². The smallest absolute Gasteiger partial charge is 0.266 e. The molecule has 1 saturated heterocycles. The van der Waals surface area contributed by atoms with E-state index in [9.17, 15) is 9.59 Å². The first-order chi connectivity index (χ1) is 11.4. The van der Waals surface area contributed by atoms with Crippen LogP contribution in [0.1, 0.15) is 31.5 Å². The Morgan fingerprint density at radius 2 is 2.17 bits per heavy atom. The molecule has 1 fully saturated rings. The van der Waals surface area contributed by atoms with Crippen molar-refractivity contribution < 1.29 is 4.79 Å².